The molecular formula is C22H26N2O4S. The van der Waals surface area contributed by atoms with Crippen LogP contribution >= 0.6 is 0 Å². The third-order valence-corrected chi connectivity index (χ3v) is 6.50. The maximum Gasteiger partial charge on any atom is 0.260 e. The predicted molar refractivity (Wildman–Crippen MR) is 114 cm³/mol. The summed E-state index contributed by atoms with van der Waals surface area (Å²) in [5, 5.41) is 1.23. The van der Waals surface area contributed by atoms with E-state index in [1.54, 1.807) is 11.0 Å². The summed E-state index contributed by atoms with van der Waals surface area (Å²) in [5.41, 5.74) is 2.80. The molecule has 1 aliphatic rings. The molecule has 0 aromatic heterocycles. The van der Waals surface area contributed by atoms with Crippen LogP contribution in [0.5, 0.6) is 5.75 Å². The molecule has 1 aliphatic heterocycles. The normalized spacial score (nSPS) is 15.6. The maximum absolute atomic E-state index is 12.5. The lowest BCUT2D eigenvalue weighted by Crippen LogP contribution is -2.51. The fraction of sp³-hybridized carbons (Fsp3) is 0.318. The zero-order valence-electron chi connectivity index (χ0n) is 16.7. The van der Waals surface area contributed by atoms with Crippen molar-refractivity contribution >= 4 is 22.0 Å². The molecule has 29 heavy (non-hydrogen) atoms. The monoisotopic (exact) mass is 414 g/mol. The van der Waals surface area contributed by atoms with Gasteiger partial charge in [-0.25, -0.2) is 8.42 Å². The van der Waals surface area contributed by atoms with Crippen molar-refractivity contribution in [1.29, 1.82) is 0 Å². The molecule has 0 atom stereocenters. The van der Waals surface area contributed by atoms with Gasteiger partial charge in [-0.3, -0.25) is 4.79 Å². The molecule has 6 nitrogen and oxygen atoms in total. The van der Waals surface area contributed by atoms with Crippen LogP contribution < -0.4 is 4.74 Å². The predicted octanol–water partition coefficient (Wildman–Crippen LogP) is 2.83. The zero-order valence-corrected chi connectivity index (χ0v) is 17.6. The van der Waals surface area contributed by atoms with E-state index in [-0.39, 0.29) is 25.6 Å². The van der Waals surface area contributed by atoms with Crippen LogP contribution in [0, 0.1) is 13.8 Å². The minimum Gasteiger partial charge on any atom is -0.483 e. The maximum atomic E-state index is 12.5. The van der Waals surface area contributed by atoms with Crippen LogP contribution in [-0.4, -0.2) is 56.3 Å². The number of benzene rings is 2. The number of hydrogen-bond acceptors (Lipinski definition) is 4. The van der Waals surface area contributed by atoms with E-state index in [4.69, 9.17) is 4.74 Å². The first-order valence-electron chi connectivity index (χ1n) is 9.57. The fourth-order valence-electron chi connectivity index (χ4n) is 3.26. The van der Waals surface area contributed by atoms with E-state index < -0.39 is 10.0 Å². The molecule has 154 valence electrons. The molecule has 0 saturated carbocycles. The largest absolute Gasteiger partial charge is 0.483 e. The number of rotatable bonds is 6. The molecule has 0 N–H and O–H groups in total. The number of sulfonamides is 1. The van der Waals surface area contributed by atoms with Gasteiger partial charge in [0.05, 0.1) is 0 Å². The number of hydrogen-bond donors (Lipinski definition) is 0. The molecule has 1 amide bonds. The summed E-state index contributed by atoms with van der Waals surface area (Å²) in [5.74, 6) is 0.595. The summed E-state index contributed by atoms with van der Waals surface area (Å²) in [6.07, 6.45) is 1.59. The summed E-state index contributed by atoms with van der Waals surface area (Å²) < 4.78 is 32.2. The van der Waals surface area contributed by atoms with Gasteiger partial charge in [-0.1, -0.05) is 48.5 Å². The van der Waals surface area contributed by atoms with E-state index in [2.05, 4.69) is 0 Å². The minimum atomic E-state index is -3.51. The first-order valence-corrected chi connectivity index (χ1v) is 11.1. The lowest BCUT2D eigenvalue weighted by Gasteiger charge is -2.33. The van der Waals surface area contributed by atoms with E-state index in [1.807, 2.05) is 62.4 Å². The molecule has 2 aromatic carbocycles. The van der Waals surface area contributed by atoms with Crippen molar-refractivity contribution in [1.82, 2.24) is 9.21 Å². The molecule has 0 aliphatic carbocycles. The van der Waals surface area contributed by atoms with Crippen molar-refractivity contribution in [3.05, 3.63) is 70.6 Å². The Bertz CT molecular complexity index is 959. The Hall–Kier alpha value is -2.64. The Morgan fingerprint density at radius 1 is 0.966 bits per heavy atom. The summed E-state index contributed by atoms with van der Waals surface area (Å²) in [7, 11) is -3.51. The molecule has 1 heterocycles. The van der Waals surface area contributed by atoms with Crippen molar-refractivity contribution < 1.29 is 17.9 Å². The topological polar surface area (TPSA) is 66.9 Å². The van der Waals surface area contributed by atoms with Gasteiger partial charge in [0.25, 0.3) is 5.91 Å². The first kappa shape index (κ1) is 21.1. The molecule has 0 spiro atoms. The van der Waals surface area contributed by atoms with Gasteiger partial charge in [0.1, 0.15) is 5.75 Å². The van der Waals surface area contributed by atoms with Crippen molar-refractivity contribution in [2.24, 2.45) is 0 Å². The van der Waals surface area contributed by atoms with E-state index in [1.165, 1.54) is 9.71 Å². The quantitative estimate of drug-likeness (QED) is 0.729. The molecule has 0 radical (unpaired) electrons. The van der Waals surface area contributed by atoms with Crippen molar-refractivity contribution in [2.45, 2.75) is 13.8 Å². The molecule has 7 heteroatoms. The van der Waals surface area contributed by atoms with Gasteiger partial charge in [-0.05, 0) is 36.6 Å². The Morgan fingerprint density at radius 3 is 2.21 bits per heavy atom. The fourth-order valence-corrected chi connectivity index (χ4v) is 4.43. The molecule has 0 unspecified atom stereocenters. The van der Waals surface area contributed by atoms with Crippen LogP contribution in [0.25, 0.3) is 6.08 Å². The van der Waals surface area contributed by atoms with Crippen LogP contribution in [-0.2, 0) is 14.8 Å². The van der Waals surface area contributed by atoms with Gasteiger partial charge in [-0.15, -0.1) is 0 Å². The molecule has 3 rings (SSSR count). The van der Waals surface area contributed by atoms with Gasteiger partial charge in [0.2, 0.25) is 10.0 Å². The number of amides is 1. The number of piperazine rings is 1. The zero-order chi connectivity index (χ0) is 20.9. The average Bonchev–Trinajstić information content (AvgIpc) is 2.73. The lowest BCUT2D eigenvalue weighted by molar-refractivity contribution is -0.134. The number of carbonyl (C=O) groups excluding carboxylic acids is 1. The SMILES string of the molecule is Cc1cccc(C)c1OCC(=O)N1CCN(S(=O)(=O)/C=C/c2ccccc2)CC1. The highest BCUT2D eigenvalue weighted by molar-refractivity contribution is 7.92. The van der Waals surface area contributed by atoms with Gasteiger partial charge < -0.3 is 9.64 Å². The van der Waals surface area contributed by atoms with Crippen LogP contribution in [0.3, 0.4) is 0 Å². The van der Waals surface area contributed by atoms with Crippen molar-refractivity contribution in [2.75, 3.05) is 32.8 Å². The van der Waals surface area contributed by atoms with Crippen molar-refractivity contribution in [3.63, 3.8) is 0 Å². The highest BCUT2D eigenvalue weighted by atomic mass is 32.2. The second-order valence-corrected chi connectivity index (χ2v) is 8.87. The van der Waals surface area contributed by atoms with Gasteiger partial charge in [0.15, 0.2) is 6.61 Å². The lowest BCUT2D eigenvalue weighted by atomic mass is 10.1. The number of ether oxygens (including phenoxy) is 1. The second kappa shape index (κ2) is 9.24. The van der Waals surface area contributed by atoms with Crippen LogP contribution in [0.4, 0.5) is 0 Å². The third-order valence-electron chi connectivity index (χ3n) is 4.93. The Balaban J connectivity index is 1.53. The molecule has 1 fully saturated rings. The number of aryl methyl sites for hydroxylation is 2. The highest BCUT2D eigenvalue weighted by Gasteiger charge is 2.27. The Labute approximate surface area is 172 Å². The molecule has 1 saturated heterocycles. The standard InChI is InChI=1S/C22H26N2O4S/c1-18-7-6-8-19(2)22(18)28-17-21(25)23-12-14-24(15-13-23)29(26,27)16-11-20-9-4-3-5-10-20/h3-11,16H,12-15,17H2,1-2H3/b16-11+. The minimum absolute atomic E-state index is 0.0493. The van der Waals surface area contributed by atoms with Crippen LogP contribution in [0.1, 0.15) is 16.7 Å². The van der Waals surface area contributed by atoms with Crippen molar-refractivity contribution in [3.8, 4) is 5.75 Å². The molecular weight excluding hydrogens is 388 g/mol. The number of nitrogens with zero attached hydrogens (tertiary/aromatic N) is 2. The number of para-hydroxylation sites is 1. The second-order valence-electron chi connectivity index (χ2n) is 7.05. The van der Waals surface area contributed by atoms with E-state index >= 15 is 0 Å². The first-order chi connectivity index (χ1) is 13.9. The summed E-state index contributed by atoms with van der Waals surface area (Å²) in [6, 6.07) is 15.1. The summed E-state index contributed by atoms with van der Waals surface area (Å²) in [6.45, 7) is 5.10. The van der Waals surface area contributed by atoms with Crippen LogP contribution in [0.15, 0.2) is 53.9 Å². The molecule has 2 aromatic rings. The smallest absolute Gasteiger partial charge is 0.260 e. The van der Waals surface area contributed by atoms with E-state index in [0.717, 1.165) is 22.4 Å². The van der Waals surface area contributed by atoms with Gasteiger partial charge in [-0.2, -0.15) is 4.31 Å². The van der Waals surface area contributed by atoms with Gasteiger partial charge in [0, 0.05) is 31.6 Å². The average molecular weight is 415 g/mol. The highest BCUT2D eigenvalue weighted by Crippen LogP contribution is 2.22. The summed E-state index contributed by atoms with van der Waals surface area (Å²) >= 11 is 0. The summed E-state index contributed by atoms with van der Waals surface area (Å²) in [4.78, 5) is 14.1. The third kappa shape index (κ3) is 5.46. The van der Waals surface area contributed by atoms with Crippen LogP contribution in [0.2, 0.25) is 0 Å². The Kier molecular flexibility index (Phi) is 6.71. The molecule has 0 bridgehead atoms. The Morgan fingerprint density at radius 2 is 1.59 bits per heavy atom. The van der Waals surface area contributed by atoms with E-state index in [9.17, 15) is 13.2 Å². The number of carbonyl (C=O) groups is 1. The van der Waals surface area contributed by atoms with E-state index in [0.29, 0.717) is 13.1 Å². The van der Waals surface area contributed by atoms with Gasteiger partial charge >= 0.3 is 0 Å².